The molecule has 0 saturated carbocycles. The lowest BCUT2D eigenvalue weighted by Gasteiger charge is -2.08. The summed E-state index contributed by atoms with van der Waals surface area (Å²) in [7, 11) is 0. The summed E-state index contributed by atoms with van der Waals surface area (Å²) in [6, 6.07) is 5.66. The van der Waals surface area contributed by atoms with Crippen molar-refractivity contribution in [1.29, 1.82) is 5.26 Å². The lowest BCUT2D eigenvalue weighted by Crippen LogP contribution is -1.99. The molecule has 0 radical (unpaired) electrons. The van der Waals surface area contributed by atoms with Gasteiger partial charge in [0.1, 0.15) is 11.8 Å². The van der Waals surface area contributed by atoms with Crippen molar-refractivity contribution in [3.05, 3.63) is 26.6 Å². The molecule has 14 heavy (non-hydrogen) atoms. The monoisotopic (exact) mass is 318 g/mol. The smallest absolute Gasteiger partial charge is 0.174 e. The molecule has 0 fully saturated rings. The molecule has 1 aromatic rings. The predicted molar refractivity (Wildman–Crippen MR) is 60.8 cm³/mol. The minimum absolute atomic E-state index is 0.0270. The van der Waals surface area contributed by atoms with Crippen LogP contribution in [0.15, 0.2) is 21.1 Å². The van der Waals surface area contributed by atoms with E-state index in [1.54, 1.807) is 0 Å². The average Bonchev–Trinajstić information content (AvgIpc) is 2.16. The zero-order valence-electron chi connectivity index (χ0n) is 7.26. The van der Waals surface area contributed by atoms with Crippen LogP contribution in [0.25, 0.3) is 0 Å². The van der Waals surface area contributed by atoms with Crippen LogP contribution < -0.4 is 10.5 Å². The summed E-state index contributed by atoms with van der Waals surface area (Å²) in [5.74, 6) is 0.628. The molecule has 0 spiro atoms. The molecule has 0 heterocycles. The summed E-state index contributed by atoms with van der Waals surface area (Å²) >= 11 is 6.70. The van der Waals surface area contributed by atoms with Gasteiger partial charge in [-0.25, -0.2) is 0 Å². The molecule has 74 valence electrons. The third kappa shape index (κ3) is 2.71. The number of halogens is 2. The van der Waals surface area contributed by atoms with Gasteiger partial charge in [-0.1, -0.05) is 0 Å². The van der Waals surface area contributed by atoms with Crippen molar-refractivity contribution in [3.63, 3.8) is 0 Å². The SMILES string of the molecule is N#CCOc1c(Br)cc(CN)cc1Br. The number of nitriles is 1. The van der Waals surface area contributed by atoms with Gasteiger partial charge < -0.3 is 10.5 Å². The topological polar surface area (TPSA) is 59.0 Å². The highest BCUT2D eigenvalue weighted by Crippen LogP contribution is 2.34. The number of hydrogen-bond donors (Lipinski definition) is 1. The van der Waals surface area contributed by atoms with Crippen LogP contribution >= 0.6 is 31.9 Å². The van der Waals surface area contributed by atoms with Gasteiger partial charge in [0.15, 0.2) is 6.61 Å². The molecule has 0 amide bonds. The van der Waals surface area contributed by atoms with E-state index in [-0.39, 0.29) is 6.61 Å². The zero-order valence-corrected chi connectivity index (χ0v) is 10.4. The maximum absolute atomic E-state index is 8.38. The third-order valence-corrected chi connectivity index (χ3v) is 2.75. The number of ether oxygens (including phenoxy) is 1. The van der Waals surface area contributed by atoms with Crippen molar-refractivity contribution in [3.8, 4) is 11.8 Å². The second kappa shape index (κ2) is 5.35. The van der Waals surface area contributed by atoms with Crippen LogP contribution in [-0.2, 0) is 6.54 Å². The second-order valence-electron chi connectivity index (χ2n) is 2.54. The fourth-order valence-electron chi connectivity index (χ4n) is 0.973. The third-order valence-electron chi connectivity index (χ3n) is 1.57. The molecule has 0 saturated heterocycles. The molecule has 0 aliphatic rings. The minimum Gasteiger partial charge on any atom is -0.476 e. The molecular formula is C9H8Br2N2O. The molecule has 1 aromatic carbocycles. The van der Waals surface area contributed by atoms with E-state index in [1.165, 1.54) is 0 Å². The first-order valence-corrected chi connectivity index (χ1v) is 5.45. The standard InChI is InChI=1S/C9H8Br2N2O/c10-7-3-6(5-13)4-8(11)9(7)14-2-1-12/h3-4H,2,5,13H2. The van der Waals surface area contributed by atoms with E-state index in [0.717, 1.165) is 14.5 Å². The summed E-state index contributed by atoms with van der Waals surface area (Å²) in [6.07, 6.45) is 0. The molecule has 3 nitrogen and oxygen atoms in total. The Morgan fingerprint density at radius 1 is 1.36 bits per heavy atom. The van der Waals surface area contributed by atoms with Crippen LogP contribution in [0.5, 0.6) is 5.75 Å². The number of nitrogens with two attached hydrogens (primary N) is 1. The highest BCUT2D eigenvalue weighted by Gasteiger charge is 2.07. The van der Waals surface area contributed by atoms with E-state index in [0.29, 0.717) is 12.3 Å². The van der Waals surface area contributed by atoms with Gasteiger partial charge in [0.05, 0.1) is 8.95 Å². The fourth-order valence-corrected chi connectivity index (χ4v) is 2.48. The van der Waals surface area contributed by atoms with Crippen LogP contribution in [-0.4, -0.2) is 6.61 Å². The number of nitrogens with zero attached hydrogens (tertiary/aromatic N) is 1. The summed E-state index contributed by atoms with van der Waals surface area (Å²) in [4.78, 5) is 0. The van der Waals surface area contributed by atoms with Gasteiger partial charge in [-0.3, -0.25) is 0 Å². The van der Waals surface area contributed by atoms with E-state index in [2.05, 4.69) is 31.9 Å². The van der Waals surface area contributed by atoms with E-state index in [9.17, 15) is 0 Å². The van der Waals surface area contributed by atoms with Gasteiger partial charge in [0.25, 0.3) is 0 Å². The molecular weight excluding hydrogens is 312 g/mol. The molecule has 0 atom stereocenters. The van der Waals surface area contributed by atoms with Gasteiger partial charge in [0.2, 0.25) is 0 Å². The van der Waals surface area contributed by atoms with Crippen molar-refractivity contribution < 1.29 is 4.74 Å². The van der Waals surface area contributed by atoms with E-state index >= 15 is 0 Å². The average molecular weight is 320 g/mol. The molecule has 0 aliphatic carbocycles. The summed E-state index contributed by atoms with van der Waals surface area (Å²) in [5, 5.41) is 8.38. The Balaban J connectivity index is 3.00. The van der Waals surface area contributed by atoms with Gasteiger partial charge >= 0.3 is 0 Å². The largest absolute Gasteiger partial charge is 0.476 e. The highest BCUT2D eigenvalue weighted by molar-refractivity contribution is 9.11. The number of hydrogen-bond acceptors (Lipinski definition) is 3. The molecule has 0 unspecified atom stereocenters. The Kier molecular flexibility index (Phi) is 4.39. The number of rotatable bonds is 3. The lowest BCUT2D eigenvalue weighted by atomic mass is 10.2. The normalized spacial score (nSPS) is 9.57. The Morgan fingerprint density at radius 2 is 1.93 bits per heavy atom. The Bertz CT molecular complexity index is 351. The molecule has 0 bridgehead atoms. The van der Waals surface area contributed by atoms with Crippen molar-refractivity contribution in [1.82, 2.24) is 0 Å². The summed E-state index contributed by atoms with van der Waals surface area (Å²) in [5.41, 5.74) is 6.50. The highest BCUT2D eigenvalue weighted by atomic mass is 79.9. The van der Waals surface area contributed by atoms with Crippen molar-refractivity contribution >= 4 is 31.9 Å². The molecule has 0 aromatic heterocycles. The van der Waals surface area contributed by atoms with Crippen LogP contribution in [0.2, 0.25) is 0 Å². The van der Waals surface area contributed by atoms with Gasteiger partial charge in [0, 0.05) is 6.54 Å². The quantitative estimate of drug-likeness (QED) is 0.931. The van der Waals surface area contributed by atoms with Crippen LogP contribution in [0.1, 0.15) is 5.56 Å². The van der Waals surface area contributed by atoms with Crippen LogP contribution in [0.3, 0.4) is 0 Å². The maximum Gasteiger partial charge on any atom is 0.174 e. The van der Waals surface area contributed by atoms with E-state index < -0.39 is 0 Å². The molecule has 0 aliphatic heterocycles. The second-order valence-corrected chi connectivity index (χ2v) is 4.25. The van der Waals surface area contributed by atoms with Gasteiger partial charge in [-0.2, -0.15) is 5.26 Å². The van der Waals surface area contributed by atoms with Crippen molar-refractivity contribution in [2.45, 2.75) is 6.54 Å². The first-order valence-electron chi connectivity index (χ1n) is 3.86. The minimum atomic E-state index is 0.0270. The molecule has 5 heteroatoms. The molecule has 2 N–H and O–H groups in total. The maximum atomic E-state index is 8.38. The summed E-state index contributed by atoms with van der Waals surface area (Å²) < 4.78 is 6.81. The Hall–Kier alpha value is -0.570. The van der Waals surface area contributed by atoms with Crippen LogP contribution in [0.4, 0.5) is 0 Å². The van der Waals surface area contributed by atoms with E-state index in [1.807, 2.05) is 18.2 Å². The van der Waals surface area contributed by atoms with Gasteiger partial charge in [-0.15, -0.1) is 0 Å². The first kappa shape index (κ1) is 11.5. The van der Waals surface area contributed by atoms with Crippen molar-refractivity contribution in [2.24, 2.45) is 5.73 Å². The zero-order chi connectivity index (χ0) is 10.6. The summed E-state index contributed by atoms with van der Waals surface area (Å²) in [6.45, 7) is 0.495. The van der Waals surface area contributed by atoms with E-state index in [4.69, 9.17) is 15.7 Å². The Morgan fingerprint density at radius 3 is 2.36 bits per heavy atom. The predicted octanol–water partition coefficient (Wildman–Crippen LogP) is 2.57. The molecule has 1 rings (SSSR count). The van der Waals surface area contributed by atoms with Crippen LogP contribution in [0, 0.1) is 11.3 Å². The first-order chi connectivity index (χ1) is 6.69. The van der Waals surface area contributed by atoms with Gasteiger partial charge in [-0.05, 0) is 49.6 Å². The fraction of sp³-hybridized carbons (Fsp3) is 0.222. The van der Waals surface area contributed by atoms with Crippen molar-refractivity contribution in [2.75, 3.05) is 6.61 Å². The Labute approximate surface area is 99.1 Å². The lowest BCUT2D eigenvalue weighted by molar-refractivity contribution is 0.363. The number of benzene rings is 1.